The van der Waals surface area contributed by atoms with Gasteiger partial charge in [-0.3, -0.25) is 9.88 Å². The monoisotopic (exact) mass is 759 g/mol. The largest absolute Gasteiger partial charge is 0.464 e. The van der Waals surface area contributed by atoms with E-state index in [0.717, 1.165) is 32.0 Å². The summed E-state index contributed by atoms with van der Waals surface area (Å²) in [6.07, 6.45) is 0.541. The first-order valence-corrected chi connectivity index (χ1v) is 17.7. The van der Waals surface area contributed by atoms with Crippen LogP contribution in [0.3, 0.4) is 0 Å². The van der Waals surface area contributed by atoms with Crippen molar-refractivity contribution in [1.82, 2.24) is 29.3 Å². The van der Waals surface area contributed by atoms with Gasteiger partial charge in [-0.2, -0.15) is 18.1 Å². The molecule has 1 aliphatic carbocycles. The first-order valence-electron chi connectivity index (χ1n) is 17.7. The van der Waals surface area contributed by atoms with Crippen LogP contribution in [-0.2, 0) is 17.5 Å². The van der Waals surface area contributed by atoms with E-state index in [1.165, 1.54) is 24.7 Å². The first-order chi connectivity index (χ1) is 26.1. The van der Waals surface area contributed by atoms with Crippen molar-refractivity contribution < 1.29 is 37.4 Å². The third kappa shape index (κ3) is 8.02. The summed E-state index contributed by atoms with van der Waals surface area (Å²) in [6.45, 7) is 7.85. The van der Waals surface area contributed by atoms with Crippen molar-refractivity contribution in [2.24, 2.45) is 0 Å². The molecule has 4 amide bonds. The van der Waals surface area contributed by atoms with Crippen molar-refractivity contribution in [2.75, 3.05) is 48.8 Å². The lowest BCUT2D eigenvalue weighted by Crippen LogP contribution is -2.44. The minimum absolute atomic E-state index is 0.0283. The van der Waals surface area contributed by atoms with Crippen LogP contribution < -0.4 is 15.5 Å². The van der Waals surface area contributed by atoms with Gasteiger partial charge in [0.1, 0.15) is 17.6 Å². The second kappa shape index (κ2) is 14.4. The van der Waals surface area contributed by atoms with E-state index in [1.54, 1.807) is 45.2 Å². The van der Waals surface area contributed by atoms with Crippen LogP contribution in [-0.4, -0.2) is 91.5 Å². The van der Waals surface area contributed by atoms with Gasteiger partial charge in [-0.15, -0.1) is 0 Å². The lowest BCUT2D eigenvalue weighted by atomic mass is 9.98. The molecule has 4 heterocycles. The Hall–Kier alpha value is -5.81. The highest BCUT2D eigenvalue weighted by Crippen LogP contribution is 2.45. The number of pyridine rings is 1. The number of nitrogens with zero attached hydrogens (tertiary/aromatic N) is 7. The maximum Gasteiger partial charge on any atom is 0.425 e. The Morgan fingerprint density at radius 1 is 0.964 bits per heavy atom. The highest BCUT2D eigenvalue weighted by molar-refractivity contribution is 6.18. The van der Waals surface area contributed by atoms with E-state index < -0.39 is 35.6 Å². The molecule has 0 atom stereocenters. The molecular formula is C38H40F3N9O5. The molecule has 1 aliphatic heterocycles. The zero-order chi connectivity index (χ0) is 39.2. The number of aromatic nitrogens is 4. The molecule has 1 saturated carbocycles. The van der Waals surface area contributed by atoms with Gasteiger partial charge in [-0.25, -0.2) is 24.4 Å². The summed E-state index contributed by atoms with van der Waals surface area (Å²) in [6, 6.07) is 8.18. The standard InChI is InChI=1S/C38H40F3N9O5/c1-37(2,3)55-36(54)50(35(52)53)33-31-28(20-49(24-7-8-24)32(31)43-21-44-33)25-9-10-30(27-18-42-12-11-26(25)27)46-34(51)45-23-6-5-22(29(17-23)38(39,40)41)19-48-15-13-47(4)14-16-48/h5-6,9-12,17-18,20-21,24H,7-8,13-16,19H2,1-4H3,(H,52,53)(H2,45,46,51). The van der Waals surface area contributed by atoms with Crippen molar-refractivity contribution in [3.8, 4) is 11.1 Å². The summed E-state index contributed by atoms with van der Waals surface area (Å²) in [5, 5.41) is 16.9. The summed E-state index contributed by atoms with van der Waals surface area (Å²) in [5.74, 6) is -0.183. The molecule has 0 spiro atoms. The fourth-order valence-corrected chi connectivity index (χ4v) is 6.76. The molecule has 0 unspecified atom stereocenters. The Labute approximate surface area is 313 Å². The Morgan fingerprint density at radius 2 is 1.71 bits per heavy atom. The number of piperazine rings is 1. The Balaban J connectivity index is 1.22. The SMILES string of the molecule is CN1CCN(Cc2ccc(NC(=O)Nc3ccc(-c4cn(C5CC5)c5ncnc(N(C(=O)O)C(=O)OC(C)(C)C)c45)c4ccncc34)cc2C(F)(F)F)CC1. The summed E-state index contributed by atoms with van der Waals surface area (Å²) < 4.78 is 50.0. The van der Waals surface area contributed by atoms with Gasteiger partial charge >= 0.3 is 24.4 Å². The van der Waals surface area contributed by atoms with E-state index in [1.807, 2.05) is 22.7 Å². The Morgan fingerprint density at radius 3 is 2.38 bits per heavy atom. The van der Waals surface area contributed by atoms with Gasteiger partial charge in [0.15, 0.2) is 5.82 Å². The minimum atomic E-state index is -4.63. The van der Waals surface area contributed by atoms with E-state index in [4.69, 9.17) is 4.74 Å². The summed E-state index contributed by atoms with van der Waals surface area (Å²) in [4.78, 5) is 56.7. The van der Waals surface area contributed by atoms with Gasteiger partial charge in [-0.1, -0.05) is 12.1 Å². The zero-order valence-electron chi connectivity index (χ0n) is 30.6. The number of amides is 4. The number of alkyl halides is 3. The second-order valence-electron chi connectivity index (χ2n) is 14.8. The third-order valence-electron chi connectivity index (χ3n) is 9.53. The van der Waals surface area contributed by atoms with Crippen LogP contribution in [0.25, 0.3) is 32.9 Å². The number of fused-ring (bicyclic) bond motifs is 2. The minimum Gasteiger partial charge on any atom is -0.464 e. The lowest BCUT2D eigenvalue weighted by molar-refractivity contribution is -0.138. The molecule has 1 saturated heterocycles. The normalized spacial score (nSPS) is 15.6. The number of urea groups is 1. The molecule has 2 fully saturated rings. The number of hydrogen-bond acceptors (Lipinski definition) is 9. The number of benzene rings is 2. The van der Waals surface area contributed by atoms with Gasteiger partial charge in [-0.05, 0) is 81.4 Å². The Bertz CT molecular complexity index is 2290. The van der Waals surface area contributed by atoms with E-state index >= 15 is 0 Å². The van der Waals surface area contributed by atoms with Crippen molar-refractivity contribution >= 4 is 57.2 Å². The van der Waals surface area contributed by atoms with Crippen LogP contribution in [0.1, 0.15) is 50.8 Å². The summed E-state index contributed by atoms with van der Waals surface area (Å²) in [7, 11) is 1.98. The predicted molar refractivity (Wildman–Crippen MR) is 200 cm³/mol. The quantitative estimate of drug-likeness (QED) is 0.150. The number of nitrogens with one attached hydrogen (secondary N) is 2. The topological polar surface area (TPSA) is 158 Å². The smallest absolute Gasteiger partial charge is 0.425 e. The van der Waals surface area contributed by atoms with E-state index in [9.17, 15) is 32.7 Å². The maximum absolute atomic E-state index is 14.2. The van der Waals surface area contributed by atoms with Crippen LogP contribution in [0.4, 0.5) is 44.7 Å². The predicted octanol–water partition coefficient (Wildman–Crippen LogP) is 7.81. The zero-order valence-corrected chi connectivity index (χ0v) is 30.6. The Kier molecular flexibility index (Phi) is 9.85. The fraction of sp³-hybridized carbons (Fsp3) is 0.368. The summed E-state index contributed by atoms with van der Waals surface area (Å²) >= 11 is 0. The number of halogens is 3. The number of anilines is 3. The molecule has 3 N–H and O–H groups in total. The number of imide groups is 1. The molecule has 2 aromatic carbocycles. The molecule has 2 aliphatic rings. The molecule has 55 heavy (non-hydrogen) atoms. The highest BCUT2D eigenvalue weighted by atomic mass is 19.4. The average Bonchev–Trinajstić information content (AvgIpc) is 3.88. The molecule has 3 aromatic heterocycles. The number of rotatable bonds is 7. The number of carbonyl (C=O) groups is 3. The van der Waals surface area contributed by atoms with Crippen LogP contribution in [0.15, 0.2) is 61.3 Å². The van der Waals surface area contributed by atoms with E-state index in [2.05, 4.69) is 30.5 Å². The number of hydrogen-bond donors (Lipinski definition) is 3. The lowest BCUT2D eigenvalue weighted by Gasteiger charge is -2.33. The van der Waals surface area contributed by atoms with Crippen molar-refractivity contribution in [1.29, 1.82) is 0 Å². The molecule has 17 heteroatoms. The van der Waals surface area contributed by atoms with Crippen molar-refractivity contribution in [3.63, 3.8) is 0 Å². The van der Waals surface area contributed by atoms with Gasteiger partial charge in [0.2, 0.25) is 0 Å². The van der Waals surface area contributed by atoms with Crippen LogP contribution in [0.2, 0.25) is 0 Å². The van der Waals surface area contributed by atoms with Crippen molar-refractivity contribution in [2.45, 2.75) is 58.0 Å². The van der Waals surface area contributed by atoms with Crippen molar-refractivity contribution in [3.05, 3.63) is 72.4 Å². The van der Waals surface area contributed by atoms with Gasteiger partial charge in [0.05, 0.1) is 16.6 Å². The number of carbonyl (C=O) groups excluding carboxylic acids is 2. The average molecular weight is 760 g/mol. The second-order valence-corrected chi connectivity index (χ2v) is 14.8. The third-order valence-corrected chi connectivity index (χ3v) is 9.53. The molecule has 5 aromatic rings. The van der Waals surface area contributed by atoms with Crippen LogP contribution in [0.5, 0.6) is 0 Å². The van der Waals surface area contributed by atoms with Gasteiger partial charge in [0.25, 0.3) is 0 Å². The van der Waals surface area contributed by atoms with Gasteiger partial charge < -0.3 is 29.9 Å². The van der Waals surface area contributed by atoms with Crippen LogP contribution >= 0.6 is 0 Å². The van der Waals surface area contributed by atoms with E-state index in [0.29, 0.717) is 56.6 Å². The maximum atomic E-state index is 14.2. The fourth-order valence-electron chi connectivity index (χ4n) is 6.76. The number of ether oxygens (including phenoxy) is 1. The molecule has 0 radical (unpaired) electrons. The number of likely N-dealkylation sites (N-methyl/N-ethyl adjacent to an activating group) is 1. The summed E-state index contributed by atoms with van der Waals surface area (Å²) in [5.41, 5.74) is 0.158. The van der Waals surface area contributed by atoms with E-state index in [-0.39, 0.29) is 29.7 Å². The first kappa shape index (κ1) is 37.5. The molecule has 7 rings (SSSR count). The molecule has 288 valence electrons. The number of carboxylic acid groups (broad SMARTS) is 1. The highest BCUT2D eigenvalue weighted by Gasteiger charge is 2.36. The molecular weight excluding hydrogens is 719 g/mol. The molecule has 0 bridgehead atoms. The van der Waals surface area contributed by atoms with Gasteiger partial charge in [0, 0.05) is 74.0 Å². The molecule has 14 nitrogen and oxygen atoms in total. The van der Waals surface area contributed by atoms with Crippen LogP contribution in [0, 0.1) is 0 Å².